The highest BCUT2D eigenvalue weighted by Crippen LogP contribution is 2.52. The average molecular weight is 690 g/mol. The topological polar surface area (TPSA) is 148 Å². The van der Waals surface area contributed by atoms with Gasteiger partial charge in [0.2, 0.25) is 0 Å². The fraction of sp³-hybridized carbons (Fsp3) is 0.686. The zero-order valence-electron chi connectivity index (χ0n) is 28.5. The quantitative estimate of drug-likeness (QED) is 0.473. The van der Waals surface area contributed by atoms with Gasteiger partial charge in [-0.25, -0.2) is 9.18 Å². The zero-order valence-corrected chi connectivity index (χ0v) is 29.3. The van der Waals surface area contributed by atoms with E-state index in [0.717, 1.165) is 57.1 Å². The summed E-state index contributed by atoms with van der Waals surface area (Å²) < 4.78 is 26.8. The molecule has 8 rings (SSSR count). The van der Waals surface area contributed by atoms with Gasteiger partial charge in [0.15, 0.2) is 11.6 Å². The number of anilines is 3. The summed E-state index contributed by atoms with van der Waals surface area (Å²) in [6.45, 7) is 9.41. The molecule has 2 aromatic rings. The lowest BCUT2D eigenvalue weighted by Crippen LogP contribution is -2.61. The van der Waals surface area contributed by atoms with Gasteiger partial charge in [0.25, 0.3) is 0 Å². The van der Waals surface area contributed by atoms with Crippen LogP contribution in [0.4, 0.5) is 25.8 Å². The number of nitrogens with zero attached hydrogens (tertiary/aromatic N) is 8. The standard InChI is InChI=1S/C35H44FN9O3S/c1-33(2,3)48-32(46)45-22-7-8-23(45)17-42(16-22)29-25(14-38)30(41-31(40-29)47-20-35-10-5-11-44(35)15-21(36)12-35)43-18-34(19-43)9-4-6-26-27(34)24(13-37)28(39)49-26/h21-23H,4-12,15-20,39H2,1-3H3/t21-,22?,23?,35+/m1/s1. The molecule has 49 heavy (non-hydrogen) atoms. The van der Waals surface area contributed by atoms with E-state index in [1.165, 1.54) is 16.2 Å². The Bertz CT molecular complexity index is 1740. The molecule has 0 radical (unpaired) electrons. The molecule has 1 amide bonds. The van der Waals surface area contributed by atoms with E-state index in [2.05, 4.69) is 26.8 Å². The molecule has 5 fully saturated rings. The number of aryl methyl sites for hydroxylation is 1. The minimum atomic E-state index is -0.879. The van der Waals surface area contributed by atoms with E-state index >= 15 is 0 Å². The van der Waals surface area contributed by atoms with Crippen molar-refractivity contribution < 1.29 is 18.7 Å². The molecule has 5 aliphatic heterocycles. The molecule has 4 atom stereocenters. The number of carbonyl (C=O) groups excluding carboxylic acids is 1. The summed E-state index contributed by atoms with van der Waals surface area (Å²) in [6, 6.07) is 4.82. The highest BCUT2D eigenvalue weighted by atomic mass is 32.1. The summed E-state index contributed by atoms with van der Waals surface area (Å²) in [5.74, 6) is 1.01. The van der Waals surface area contributed by atoms with E-state index in [4.69, 9.17) is 25.2 Å². The number of nitriles is 2. The maximum Gasteiger partial charge on any atom is 0.410 e. The number of aromatic nitrogens is 2. The van der Waals surface area contributed by atoms with Crippen LogP contribution in [0.3, 0.4) is 0 Å². The van der Waals surface area contributed by atoms with Crippen molar-refractivity contribution in [3.05, 3.63) is 21.6 Å². The van der Waals surface area contributed by atoms with Crippen LogP contribution in [0.2, 0.25) is 0 Å². The summed E-state index contributed by atoms with van der Waals surface area (Å²) in [5, 5.41) is 21.3. The molecule has 0 aromatic carbocycles. The number of nitrogens with two attached hydrogens (primary N) is 1. The van der Waals surface area contributed by atoms with E-state index in [1.54, 1.807) is 0 Å². The number of hydrogen-bond donors (Lipinski definition) is 1. The van der Waals surface area contributed by atoms with Gasteiger partial charge in [-0.05, 0) is 77.8 Å². The van der Waals surface area contributed by atoms with Gasteiger partial charge < -0.3 is 25.0 Å². The van der Waals surface area contributed by atoms with E-state index in [-0.39, 0.29) is 41.7 Å². The lowest BCUT2D eigenvalue weighted by atomic mass is 9.66. The summed E-state index contributed by atoms with van der Waals surface area (Å²) >= 11 is 1.52. The van der Waals surface area contributed by atoms with Gasteiger partial charge >= 0.3 is 12.1 Å². The normalized spacial score (nSPS) is 28.5. The van der Waals surface area contributed by atoms with E-state index < -0.39 is 11.8 Å². The summed E-state index contributed by atoms with van der Waals surface area (Å²) in [4.78, 5) is 32.5. The smallest absolute Gasteiger partial charge is 0.410 e. The Balaban J connectivity index is 1.12. The second kappa shape index (κ2) is 11.6. The summed E-state index contributed by atoms with van der Waals surface area (Å²) in [6.07, 6.45) is 5.66. The maximum atomic E-state index is 14.6. The molecule has 2 N–H and O–H groups in total. The Hall–Kier alpha value is -3.88. The minimum absolute atomic E-state index is 0.0739. The number of hydrogen-bond acceptors (Lipinski definition) is 12. The Morgan fingerprint density at radius 3 is 2.41 bits per heavy atom. The van der Waals surface area contributed by atoms with Crippen LogP contribution in [0.1, 0.15) is 87.3 Å². The van der Waals surface area contributed by atoms with Crippen molar-refractivity contribution in [1.82, 2.24) is 19.8 Å². The first kappa shape index (κ1) is 32.3. The maximum absolute atomic E-state index is 14.6. The number of piperazine rings is 1. The van der Waals surface area contributed by atoms with Crippen LogP contribution in [-0.2, 0) is 16.6 Å². The molecule has 14 heteroatoms. The highest BCUT2D eigenvalue weighted by molar-refractivity contribution is 7.16. The van der Waals surface area contributed by atoms with Crippen molar-refractivity contribution >= 4 is 34.1 Å². The molecule has 12 nitrogen and oxygen atoms in total. The fourth-order valence-corrected chi connectivity index (χ4v) is 10.8. The van der Waals surface area contributed by atoms with Gasteiger partial charge in [0.05, 0.1) is 23.2 Å². The van der Waals surface area contributed by atoms with Crippen LogP contribution in [0.5, 0.6) is 6.01 Å². The predicted molar refractivity (Wildman–Crippen MR) is 183 cm³/mol. The third-order valence-corrected chi connectivity index (χ3v) is 12.7. The molecular formula is C35H44FN9O3S. The average Bonchev–Trinajstić information content (AvgIpc) is 3.74. The van der Waals surface area contributed by atoms with Gasteiger partial charge in [-0.3, -0.25) is 9.80 Å². The predicted octanol–water partition coefficient (Wildman–Crippen LogP) is 4.50. The molecule has 2 aromatic heterocycles. The van der Waals surface area contributed by atoms with Gasteiger partial charge in [-0.1, -0.05) is 0 Å². The molecule has 5 saturated heterocycles. The number of nitrogen functional groups attached to an aromatic ring is 1. The second-order valence-electron chi connectivity index (χ2n) is 15.9. The second-order valence-corrected chi connectivity index (χ2v) is 17.1. The first-order valence-corrected chi connectivity index (χ1v) is 18.4. The Morgan fingerprint density at radius 1 is 1.04 bits per heavy atom. The van der Waals surface area contributed by atoms with Gasteiger partial charge in [0, 0.05) is 49.4 Å². The van der Waals surface area contributed by atoms with Crippen LogP contribution >= 0.6 is 11.3 Å². The summed E-state index contributed by atoms with van der Waals surface area (Å²) in [5.41, 5.74) is 7.14. The van der Waals surface area contributed by atoms with Crippen molar-refractivity contribution in [2.24, 2.45) is 0 Å². The van der Waals surface area contributed by atoms with Crippen molar-refractivity contribution in [1.29, 1.82) is 10.5 Å². The van der Waals surface area contributed by atoms with E-state index in [1.807, 2.05) is 25.7 Å². The molecule has 6 aliphatic rings. The molecule has 1 spiro atoms. The summed E-state index contributed by atoms with van der Waals surface area (Å²) in [7, 11) is 0. The van der Waals surface area contributed by atoms with Crippen molar-refractivity contribution in [2.75, 3.05) is 61.4 Å². The minimum Gasteiger partial charge on any atom is -0.461 e. The lowest BCUT2D eigenvalue weighted by Gasteiger charge is -2.53. The van der Waals surface area contributed by atoms with Crippen molar-refractivity contribution in [3.8, 4) is 18.1 Å². The molecule has 2 unspecified atom stereocenters. The third kappa shape index (κ3) is 5.34. The Labute approximate surface area is 290 Å². The molecule has 1 aliphatic carbocycles. The monoisotopic (exact) mass is 689 g/mol. The third-order valence-electron chi connectivity index (χ3n) is 11.6. The first-order chi connectivity index (χ1) is 23.4. The van der Waals surface area contributed by atoms with Crippen LogP contribution in [0, 0.1) is 22.7 Å². The molecule has 2 bridgehead atoms. The number of ether oxygens (including phenoxy) is 2. The number of thiophene rings is 1. The molecule has 0 saturated carbocycles. The molecule has 7 heterocycles. The van der Waals surface area contributed by atoms with Crippen LogP contribution in [-0.4, -0.2) is 101 Å². The highest BCUT2D eigenvalue weighted by Gasteiger charge is 2.52. The van der Waals surface area contributed by atoms with Crippen LogP contribution < -0.4 is 20.3 Å². The number of alkyl halides is 1. The van der Waals surface area contributed by atoms with E-state index in [0.29, 0.717) is 66.9 Å². The number of amides is 1. The van der Waals surface area contributed by atoms with E-state index in [9.17, 15) is 19.7 Å². The number of rotatable bonds is 5. The van der Waals surface area contributed by atoms with Gasteiger partial charge in [0.1, 0.15) is 41.1 Å². The van der Waals surface area contributed by atoms with Gasteiger partial charge in [-0.2, -0.15) is 20.5 Å². The van der Waals surface area contributed by atoms with Crippen LogP contribution in [0.15, 0.2) is 0 Å². The Kier molecular flexibility index (Phi) is 7.65. The Morgan fingerprint density at radius 2 is 1.73 bits per heavy atom. The van der Waals surface area contributed by atoms with Crippen molar-refractivity contribution in [2.45, 2.75) is 107 Å². The number of halogens is 1. The van der Waals surface area contributed by atoms with Crippen LogP contribution in [0.25, 0.3) is 0 Å². The fourth-order valence-electron chi connectivity index (χ4n) is 9.58. The number of fused-ring (bicyclic) bond motifs is 5. The number of carbonyl (C=O) groups is 1. The molecule has 260 valence electrons. The molecular weight excluding hydrogens is 646 g/mol. The lowest BCUT2D eigenvalue weighted by molar-refractivity contribution is 0.0122. The van der Waals surface area contributed by atoms with Gasteiger partial charge in [-0.15, -0.1) is 11.3 Å². The largest absolute Gasteiger partial charge is 0.461 e. The first-order valence-electron chi connectivity index (χ1n) is 17.6. The SMILES string of the molecule is CC(C)(C)OC(=O)N1C2CCC1CN(c1nc(OC[C@@]34CCCN3C[C@H](F)C4)nc(N3CC4(CCCc5sc(N)c(C#N)c54)C3)c1C#N)C2. The van der Waals surface area contributed by atoms with Crippen molar-refractivity contribution in [3.63, 3.8) is 0 Å². The zero-order chi connectivity index (χ0) is 34.3.